The number of ether oxygens (including phenoxy) is 1. The van der Waals surface area contributed by atoms with Gasteiger partial charge in [0.2, 0.25) is 0 Å². The molecule has 3 aromatic rings. The number of nitro benzene ring substituents is 1. The first-order valence-corrected chi connectivity index (χ1v) is 11.8. The van der Waals surface area contributed by atoms with Crippen LogP contribution < -0.4 is 14.9 Å². The summed E-state index contributed by atoms with van der Waals surface area (Å²) >= 11 is 1.44. The zero-order valence-corrected chi connectivity index (χ0v) is 19.6. The van der Waals surface area contributed by atoms with Crippen LogP contribution in [0.2, 0.25) is 0 Å². The number of anilines is 1. The van der Waals surface area contributed by atoms with E-state index in [1.165, 1.54) is 17.4 Å². The summed E-state index contributed by atoms with van der Waals surface area (Å²) < 4.78 is 7.63. The SMILES string of the molecule is CC(C)CCC(C)n1c(-c2ccc3c(c2)NC(=O)CO3)csc1=Nc1ccccc1[N+](=O)[O-]. The smallest absolute Gasteiger partial charge is 0.294 e. The number of rotatable bonds is 7. The molecule has 0 fully saturated rings. The molecule has 2 heterocycles. The molecule has 0 radical (unpaired) electrons. The molecule has 8 nitrogen and oxygen atoms in total. The molecule has 172 valence electrons. The summed E-state index contributed by atoms with van der Waals surface area (Å²) in [6.45, 7) is 6.53. The molecule has 1 unspecified atom stereocenters. The second-order valence-electron chi connectivity index (χ2n) is 8.50. The summed E-state index contributed by atoms with van der Waals surface area (Å²) in [6.07, 6.45) is 1.98. The topological polar surface area (TPSA) is 98.8 Å². The summed E-state index contributed by atoms with van der Waals surface area (Å²) in [4.78, 5) is 28.3. The van der Waals surface area contributed by atoms with Gasteiger partial charge in [-0.15, -0.1) is 11.3 Å². The highest BCUT2D eigenvalue weighted by molar-refractivity contribution is 7.07. The predicted octanol–water partition coefficient (Wildman–Crippen LogP) is 5.69. The Morgan fingerprint density at radius 3 is 2.76 bits per heavy atom. The fourth-order valence-corrected chi connectivity index (χ4v) is 4.81. The van der Waals surface area contributed by atoms with Gasteiger partial charge in [-0.2, -0.15) is 0 Å². The summed E-state index contributed by atoms with van der Waals surface area (Å²) in [6, 6.07) is 12.3. The predicted molar refractivity (Wildman–Crippen MR) is 129 cm³/mol. The number of carbonyl (C=O) groups is 1. The number of hydrogen-bond donors (Lipinski definition) is 1. The lowest BCUT2D eigenvalue weighted by Gasteiger charge is -2.21. The Bertz CT molecular complexity index is 1260. The van der Waals surface area contributed by atoms with Gasteiger partial charge in [0, 0.05) is 23.1 Å². The van der Waals surface area contributed by atoms with Crippen LogP contribution >= 0.6 is 11.3 Å². The molecule has 1 aliphatic rings. The molecular weight excluding hydrogens is 440 g/mol. The second-order valence-corrected chi connectivity index (χ2v) is 9.34. The molecule has 1 N–H and O–H groups in total. The van der Waals surface area contributed by atoms with Gasteiger partial charge in [0.05, 0.1) is 16.3 Å². The molecule has 33 heavy (non-hydrogen) atoms. The molecule has 9 heteroatoms. The maximum Gasteiger partial charge on any atom is 0.294 e. The third kappa shape index (κ3) is 4.98. The number of hydrogen-bond acceptors (Lipinski definition) is 6. The summed E-state index contributed by atoms with van der Waals surface area (Å²) in [5.74, 6) is 1.01. The molecule has 4 rings (SSSR count). The van der Waals surface area contributed by atoms with Gasteiger partial charge in [-0.1, -0.05) is 26.0 Å². The lowest BCUT2D eigenvalue weighted by atomic mass is 10.0. The van der Waals surface area contributed by atoms with Crippen molar-refractivity contribution in [1.82, 2.24) is 4.57 Å². The highest BCUT2D eigenvalue weighted by Gasteiger charge is 2.20. The number of nitrogens with one attached hydrogen (secondary N) is 1. The molecule has 0 saturated heterocycles. The number of benzene rings is 2. The van der Waals surface area contributed by atoms with E-state index in [0.717, 1.165) is 24.1 Å². The Kier molecular flexibility index (Phi) is 6.60. The van der Waals surface area contributed by atoms with Crippen LogP contribution in [-0.4, -0.2) is 22.0 Å². The van der Waals surface area contributed by atoms with E-state index in [-0.39, 0.29) is 24.2 Å². The van der Waals surface area contributed by atoms with E-state index in [0.29, 0.717) is 27.8 Å². The summed E-state index contributed by atoms with van der Waals surface area (Å²) in [5.41, 5.74) is 2.79. The van der Waals surface area contributed by atoms with Gasteiger partial charge in [0.15, 0.2) is 11.4 Å². The van der Waals surface area contributed by atoms with Crippen molar-refractivity contribution in [3.63, 3.8) is 0 Å². The standard InChI is InChI=1S/C24H26N4O4S/c1-15(2)8-9-16(3)27-21(17-10-11-22-19(12-17)25-23(29)13-32-22)14-33-24(27)26-18-6-4-5-7-20(18)28(30)31/h4-7,10-12,14-16H,8-9,13H2,1-3H3,(H,25,29). The van der Waals surface area contributed by atoms with Crippen LogP contribution in [0.15, 0.2) is 52.8 Å². The molecule has 0 spiro atoms. The van der Waals surface area contributed by atoms with E-state index in [1.54, 1.807) is 18.2 Å². The van der Waals surface area contributed by atoms with E-state index in [2.05, 4.69) is 30.7 Å². The molecule has 1 aliphatic heterocycles. The molecule has 2 aromatic carbocycles. The van der Waals surface area contributed by atoms with Crippen LogP contribution in [0, 0.1) is 16.0 Å². The largest absolute Gasteiger partial charge is 0.482 e. The fraction of sp³-hybridized carbons (Fsp3) is 0.333. The second kappa shape index (κ2) is 9.58. The van der Waals surface area contributed by atoms with Gasteiger partial charge in [-0.05, 0) is 49.9 Å². The number of para-hydroxylation sites is 2. The van der Waals surface area contributed by atoms with Crippen molar-refractivity contribution in [2.24, 2.45) is 10.9 Å². The maximum atomic E-state index is 11.8. The Morgan fingerprint density at radius 1 is 1.21 bits per heavy atom. The van der Waals surface area contributed by atoms with Crippen molar-refractivity contribution in [3.8, 4) is 17.0 Å². The highest BCUT2D eigenvalue weighted by Crippen LogP contribution is 2.35. The maximum absolute atomic E-state index is 11.8. The molecule has 1 aromatic heterocycles. The Balaban J connectivity index is 1.84. The monoisotopic (exact) mass is 466 g/mol. The average molecular weight is 467 g/mol. The van der Waals surface area contributed by atoms with Crippen molar-refractivity contribution >= 4 is 34.3 Å². The number of nitrogens with zero attached hydrogens (tertiary/aromatic N) is 3. The van der Waals surface area contributed by atoms with Gasteiger partial charge < -0.3 is 14.6 Å². The fourth-order valence-electron chi connectivity index (χ4n) is 3.80. The van der Waals surface area contributed by atoms with Crippen molar-refractivity contribution in [2.75, 3.05) is 11.9 Å². The number of fused-ring (bicyclic) bond motifs is 1. The zero-order chi connectivity index (χ0) is 23.5. The molecule has 1 atom stereocenters. The Labute approximate surface area is 195 Å². The van der Waals surface area contributed by atoms with E-state index < -0.39 is 4.92 Å². The van der Waals surface area contributed by atoms with E-state index in [9.17, 15) is 14.9 Å². The minimum atomic E-state index is -0.411. The normalized spacial score (nSPS) is 14.5. The zero-order valence-electron chi connectivity index (χ0n) is 18.8. The van der Waals surface area contributed by atoms with Crippen molar-refractivity contribution in [2.45, 2.75) is 39.7 Å². The van der Waals surface area contributed by atoms with Crippen LogP contribution in [0.1, 0.15) is 39.7 Å². The molecule has 0 aliphatic carbocycles. The lowest BCUT2D eigenvalue weighted by Crippen LogP contribution is -2.25. The summed E-state index contributed by atoms with van der Waals surface area (Å²) in [7, 11) is 0. The van der Waals surface area contributed by atoms with Crippen LogP contribution in [0.5, 0.6) is 5.75 Å². The first-order chi connectivity index (χ1) is 15.8. The number of carbonyl (C=O) groups excluding carboxylic acids is 1. The van der Waals surface area contributed by atoms with Gasteiger partial charge in [-0.25, -0.2) is 4.99 Å². The Morgan fingerprint density at radius 2 is 2.00 bits per heavy atom. The quantitative estimate of drug-likeness (QED) is 0.357. The van der Waals surface area contributed by atoms with Gasteiger partial charge in [0.1, 0.15) is 11.4 Å². The van der Waals surface area contributed by atoms with Gasteiger partial charge >= 0.3 is 0 Å². The number of nitro groups is 1. The van der Waals surface area contributed by atoms with Crippen molar-refractivity contribution < 1.29 is 14.5 Å². The van der Waals surface area contributed by atoms with E-state index >= 15 is 0 Å². The van der Waals surface area contributed by atoms with E-state index in [1.807, 2.05) is 23.6 Å². The Hall–Kier alpha value is -3.46. The van der Waals surface area contributed by atoms with Crippen LogP contribution in [-0.2, 0) is 4.79 Å². The first-order valence-electron chi connectivity index (χ1n) is 10.9. The third-order valence-electron chi connectivity index (χ3n) is 5.55. The minimum absolute atomic E-state index is 0.00984. The third-order valence-corrected chi connectivity index (χ3v) is 6.39. The van der Waals surface area contributed by atoms with Crippen LogP contribution in [0.4, 0.5) is 17.1 Å². The lowest BCUT2D eigenvalue weighted by molar-refractivity contribution is -0.384. The van der Waals surface area contributed by atoms with Gasteiger partial charge in [-0.3, -0.25) is 14.9 Å². The highest BCUT2D eigenvalue weighted by atomic mass is 32.1. The van der Waals surface area contributed by atoms with E-state index in [4.69, 9.17) is 9.73 Å². The molecule has 0 bridgehead atoms. The summed E-state index contributed by atoms with van der Waals surface area (Å²) in [5, 5.41) is 16.4. The van der Waals surface area contributed by atoms with Crippen molar-refractivity contribution in [1.29, 1.82) is 0 Å². The average Bonchev–Trinajstić information content (AvgIpc) is 3.20. The molecular formula is C24H26N4O4S. The van der Waals surface area contributed by atoms with Crippen LogP contribution in [0.3, 0.4) is 0 Å². The minimum Gasteiger partial charge on any atom is -0.482 e. The number of amides is 1. The molecule has 1 amide bonds. The van der Waals surface area contributed by atoms with Gasteiger partial charge in [0.25, 0.3) is 11.6 Å². The molecule has 0 saturated carbocycles. The van der Waals surface area contributed by atoms with Crippen molar-refractivity contribution in [3.05, 3.63) is 62.8 Å². The number of aromatic nitrogens is 1. The van der Waals surface area contributed by atoms with Crippen LogP contribution in [0.25, 0.3) is 11.3 Å². The number of thiazole rings is 1. The first kappa shape index (κ1) is 22.7.